The molecule has 0 spiro atoms. The number of hydrogen-bond donors (Lipinski definition) is 1. The van der Waals surface area contributed by atoms with E-state index in [0.29, 0.717) is 0 Å². The monoisotopic (exact) mass is 371 g/mol. The van der Waals surface area contributed by atoms with E-state index < -0.39 is 29.0 Å². The van der Waals surface area contributed by atoms with Crippen molar-refractivity contribution in [2.75, 3.05) is 13.2 Å². The fraction of sp³-hybridized carbons (Fsp3) is 0.200. The molecule has 3 aromatic rings. The van der Waals surface area contributed by atoms with E-state index in [1.165, 1.54) is 29.2 Å². The average molecular weight is 371 g/mol. The summed E-state index contributed by atoms with van der Waals surface area (Å²) in [6.45, 7) is -0.0542. The first kappa shape index (κ1) is 17.4. The van der Waals surface area contributed by atoms with E-state index in [9.17, 15) is 18.4 Å². The predicted molar refractivity (Wildman–Crippen MR) is 93.4 cm³/mol. The van der Waals surface area contributed by atoms with Gasteiger partial charge in [-0.2, -0.15) is 0 Å². The van der Waals surface area contributed by atoms with Gasteiger partial charge in [0.1, 0.15) is 17.2 Å². The lowest BCUT2D eigenvalue weighted by Gasteiger charge is -2.25. The van der Waals surface area contributed by atoms with E-state index in [1.54, 1.807) is 6.07 Å². The summed E-state index contributed by atoms with van der Waals surface area (Å²) in [4.78, 5) is 27.2. The van der Waals surface area contributed by atoms with Crippen LogP contribution >= 0.6 is 0 Å². The second kappa shape index (κ2) is 6.59. The van der Waals surface area contributed by atoms with Gasteiger partial charge in [-0.15, -0.1) is 0 Å². The van der Waals surface area contributed by atoms with E-state index >= 15 is 0 Å². The summed E-state index contributed by atoms with van der Waals surface area (Å²) in [5.74, 6) is -1.92. The van der Waals surface area contributed by atoms with Gasteiger partial charge >= 0.3 is 0 Å². The maximum absolute atomic E-state index is 14.5. The van der Waals surface area contributed by atoms with Crippen molar-refractivity contribution in [3.05, 3.63) is 81.2 Å². The van der Waals surface area contributed by atoms with Crippen molar-refractivity contribution >= 4 is 16.9 Å². The van der Waals surface area contributed by atoms with Crippen LogP contribution in [0.1, 0.15) is 34.1 Å². The number of carbonyl (C=O) groups is 1. The summed E-state index contributed by atoms with van der Waals surface area (Å²) < 4.78 is 33.7. The standard InChI is InChI=1S/C20H15F2NO4/c21-11-6-7-15-13(10-11)18(25)16-17(12-4-1-2-5-14(12)22)23(8-3-9-24)20(26)19(16)27-15/h1-2,4-7,10,17,24H,3,8-9H2. The van der Waals surface area contributed by atoms with Crippen LogP contribution in [0.3, 0.4) is 0 Å². The summed E-state index contributed by atoms with van der Waals surface area (Å²) in [7, 11) is 0. The van der Waals surface area contributed by atoms with E-state index in [4.69, 9.17) is 9.52 Å². The van der Waals surface area contributed by atoms with Crippen LogP contribution in [0.5, 0.6) is 0 Å². The molecule has 1 aromatic heterocycles. The molecule has 5 nitrogen and oxygen atoms in total. The molecule has 2 aromatic carbocycles. The van der Waals surface area contributed by atoms with Crippen LogP contribution in [0.4, 0.5) is 8.78 Å². The highest BCUT2D eigenvalue weighted by atomic mass is 19.1. The van der Waals surface area contributed by atoms with E-state index in [-0.39, 0.29) is 47.4 Å². The van der Waals surface area contributed by atoms with Crippen LogP contribution in [0.2, 0.25) is 0 Å². The Bertz CT molecular complexity index is 1110. The number of amides is 1. The topological polar surface area (TPSA) is 70.8 Å². The summed E-state index contributed by atoms with van der Waals surface area (Å²) in [5, 5.41) is 9.13. The quantitative estimate of drug-likeness (QED) is 0.765. The van der Waals surface area contributed by atoms with Gasteiger partial charge < -0.3 is 14.4 Å². The number of aliphatic hydroxyl groups is 1. The Morgan fingerprint density at radius 3 is 2.63 bits per heavy atom. The lowest BCUT2D eigenvalue weighted by molar-refractivity contribution is 0.0714. The second-order valence-electron chi connectivity index (χ2n) is 6.31. The summed E-state index contributed by atoms with van der Waals surface area (Å²) >= 11 is 0. The average Bonchev–Trinajstić information content (AvgIpc) is 2.93. The molecule has 0 saturated carbocycles. The Morgan fingerprint density at radius 1 is 1.11 bits per heavy atom. The smallest absolute Gasteiger partial charge is 0.290 e. The zero-order chi connectivity index (χ0) is 19.1. The lowest BCUT2D eigenvalue weighted by atomic mass is 9.98. The molecule has 1 N–H and O–H groups in total. The van der Waals surface area contributed by atoms with E-state index in [2.05, 4.69) is 0 Å². The van der Waals surface area contributed by atoms with Gasteiger partial charge in [0.15, 0.2) is 5.43 Å². The van der Waals surface area contributed by atoms with Crippen LogP contribution in [0, 0.1) is 11.6 Å². The molecule has 0 saturated heterocycles. The van der Waals surface area contributed by atoms with Crippen molar-refractivity contribution in [3.8, 4) is 0 Å². The zero-order valence-electron chi connectivity index (χ0n) is 14.1. The number of hydrogen-bond acceptors (Lipinski definition) is 4. The fourth-order valence-corrected chi connectivity index (χ4v) is 3.48. The molecule has 1 unspecified atom stereocenters. The van der Waals surface area contributed by atoms with Gasteiger partial charge in [0, 0.05) is 18.7 Å². The minimum atomic E-state index is -0.996. The normalized spacial score (nSPS) is 16.2. The summed E-state index contributed by atoms with van der Waals surface area (Å²) in [6.07, 6.45) is 0.257. The number of aliphatic hydroxyl groups excluding tert-OH is 1. The van der Waals surface area contributed by atoms with Gasteiger partial charge in [-0.3, -0.25) is 9.59 Å². The van der Waals surface area contributed by atoms with Gasteiger partial charge in [0.05, 0.1) is 17.0 Å². The van der Waals surface area contributed by atoms with Crippen molar-refractivity contribution < 1.29 is 23.1 Å². The fourth-order valence-electron chi connectivity index (χ4n) is 3.48. The molecule has 27 heavy (non-hydrogen) atoms. The Morgan fingerprint density at radius 2 is 1.89 bits per heavy atom. The SMILES string of the molecule is O=C1c2oc3ccc(F)cc3c(=O)c2C(c2ccccc2F)N1CCCO. The maximum Gasteiger partial charge on any atom is 0.290 e. The number of nitrogens with zero attached hydrogens (tertiary/aromatic N) is 1. The van der Waals surface area contributed by atoms with Crippen molar-refractivity contribution in [2.45, 2.75) is 12.5 Å². The van der Waals surface area contributed by atoms with Gasteiger partial charge in [-0.05, 0) is 30.7 Å². The highest BCUT2D eigenvalue weighted by Gasteiger charge is 2.43. The number of benzene rings is 2. The minimum Gasteiger partial charge on any atom is -0.450 e. The van der Waals surface area contributed by atoms with Gasteiger partial charge in [0.2, 0.25) is 5.76 Å². The van der Waals surface area contributed by atoms with Crippen molar-refractivity contribution in [1.29, 1.82) is 0 Å². The van der Waals surface area contributed by atoms with Gasteiger partial charge in [-0.25, -0.2) is 8.78 Å². The second-order valence-corrected chi connectivity index (χ2v) is 6.31. The zero-order valence-corrected chi connectivity index (χ0v) is 14.1. The molecule has 1 aliphatic heterocycles. The van der Waals surface area contributed by atoms with E-state index in [1.807, 2.05) is 0 Å². The highest BCUT2D eigenvalue weighted by Crippen LogP contribution is 2.39. The van der Waals surface area contributed by atoms with Crippen LogP contribution in [0.15, 0.2) is 51.7 Å². The maximum atomic E-state index is 14.5. The molecule has 0 bridgehead atoms. The largest absolute Gasteiger partial charge is 0.450 e. The first-order valence-electron chi connectivity index (χ1n) is 8.45. The molecule has 0 aliphatic carbocycles. The molecule has 1 aliphatic rings. The number of halogens is 2. The van der Waals surface area contributed by atoms with Crippen LogP contribution < -0.4 is 5.43 Å². The highest BCUT2D eigenvalue weighted by molar-refractivity contribution is 5.99. The number of carbonyl (C=O) groups excluding carboxylic acids is 1. The Kier molecular flexibility index (Phi) is 4.24. The molecule has 4 rings (SSSR count). The molecule has 1 amide bonds. The summed E-state index contributed by atoms with van der Waals surface area (Å²) in [5.41, 5.74) is -0.352. The van der Waals surface area contributed by atoms with Gasteiger partial charge in [0.25, 0.3) is 5.91 Å². The Balaban J connectivity index is 2.00. The Labute approximate surface area is 152 Å². The van der Waals surface area contributed by atoms with Crippen molar-refractivity contribution in [3.63, 3.8) is 0 Å². The van der Waals surface area contributed by atoms with E-state index in [0.717, 1.165) is 12.1 Å². The minimum absolute atomic E-state index is 0.00750. The van der Waals surface area contributed by atoms with Crippen LogP contribution in [-0.4, -0.2) is 29.1 Å². The molecular weight excluding hydrogens is 356 g/mol. The van der Waals surface area contributed by atoms with Crippen molar-refractivity contribution in [2.24, 2.45) is 0 Å². The van der Waals surface area contributed by atoms with Gasteiger partial charge in [-0.1, -0.05) is 18.2 Å². The van der Waals surface area contributed by atoms with Crippen LogP contribution in [0.25, 0.3) is 11.0 Å². The van der Waals surface area contributed by atoms with Crippen LogP contribution in [-0.2, 0) is 0 Å². The molecule has 1 atom stereocenters. The Hall–Kier alpha value is -3.06. The first-order chi connectivity index (χ1) is 13.0. The predicted octanol–water partition coefficient (Wildman–Crippen LogP) is 3.00. The third-order valence-corrected chi connectivity index (χ3v) is 4.68. The molecule has 0 radical (unpaired) electrons. The third kappa shape index (κ3) is 2.71. The molecular formula is C20H15F2NO4. The lowest BCUT2D eigenvalue weighted by Crippen LogP contribution is -2.31. The first-order valence-corrected chi connectivity index (χ1v) is 8.45. The number of fused-ring (bicyclic) bond motifs is 2. The molecule has 138 valence electrons. The molecule has 0 fully saturated rings. The van der Waals surface area contributed by atoms with Crippen molar-refractivity contribution in [1.82, 2.24) is 4.90 Å². The number of rotatable bonds is 4. The third-order valence-electron chi connectivity index (χ3n) is 4.68. The molecule has 2 heterocycles. The molecule has 7 heteroatoms. The summed E-state index contributed by atoms with van der Waals surface area (Å²) in [6, 6.07) is 8.31.